The van der Waals surface area contributed by atoms with E-state index in [0.717, 1.165) is 0 Å². The molecule has 1 atom stereocenters. The summed E-state index contributed by atoms with van der Waals surface area (Å²) in [6, 6.07) is 5.53. The molecule has 5 heteroatoms. The van der Waals surface area contributed by atoms with Crippen LogP contribution in [0.4, 0.5) is 5.82 Å². The van der Waals surface area contributed by atoms with Crippen LogP contribution in [0, 0.1) is 0 Å². The zero-order valence-electron chi connectivity index (χ0n) is 9.98. The molecule has 1 saturated heterocycles. The Morgan fingerprint density at radius 1 is 1.59 bits per heavy atom. The number of hydrogen-bond donors (Lipinski definition) is 2. The summed E-state index contributed by atoms with van der Waals surface area (Å²) in [6.07, 6.45) is 0.658. The van der Waals surface area contributed by atoms with Crippen LogP contribution in [0.2, 0.25) is 0 Å². The number of nitrogens with one attached hydrogen (secondary N) is 1. The lowest BCUT2D eigenvalue weighted by Crippen LogP contribution is -2.37. The van der Waals surface area contributed by atoms with E-state index in [9.17, 15) is 5.11 Å². The second kappa shape index (κ2) is 5.33. The summed E-state index contributed by atoms with van der Waals surface area (Å²) in [5.41, 5.74) is -0.775. The third-order valence-electron chi connectivity index (χ3n) is 2.70. The van der Waals surface area contributed by atoms with Gasteiger partial charge >= 0.3 is 0 Å². The van der Waals surface area contributed by atoms with Crippen LogP contribution in [0.5, 0.6) is 5.88 Å². The lowest BCUT2D eigenvalue weighted by molar-refractivity contribution is 0.0381. The van der Waals surface area contributed by atoms with Crippen LogP contribution >= 0.6 is 0 Å². The molecule has 5 nitrogen and oxygen atoms in total. The monoisotopic (exact) mass is 238 g/mol. The number of ether oxygens (including phenoxy) is 2. The fourth-order valence-corrected chi connectivity index (χ4v) is 1.73. The van der Waals surface area contributed by atoms with Crippen molar-refractivity contribution in [2.45, 2.75) is 18.9 Å². The van der Waals surface area contributed by atoms with Gasteiger partial charge in [0.1, 0.15) is 11.4 Å². The zero-order valence-corrected chi connectivity index (χ0v) is 9.98. The molecule has 2 N–H and O–H groups in total. The van der Waals surface area contributed by atoms with Gasteiger partial charge in [0.2, 0.25) is 5.88 Å². The van der Waals surface area contributed by atoms with Crippen LogP contribution in [0.25, 0.3) is 0 Å². The van der Waals surface area contributed by atoms with Gasteiger partial charge in [-0.2, -0.15) is 4.98 Å². The van der Waals surface area contributed by atoms with Gasteiger partial charge in [-0.1, -0.05) is 6.07 Å². The van der Waals surface area contributed by atoms with Gasteiger partial charge in [-0.3, -0.25) is 0 Å². The number of aromatic nitrogens is 1. The first-order chi connectivity index (χ1) is 8.22. The third kappa shape index (κ3) is 3.31. The molecule has 94 valence electrons. The third-order valence-corrected chi connectivity index (χ3v) is 2.70. The highest BCUT2D eigenvalue weighted by molar-refractivity contribution is 5.37. The second-order valence-electron chi connectivity index (χ2n) is 4.17. The van der Waals surface area contributed by atoms with Crippen molar-refractivity contribution in [2.75, 3.05) is 31.7 Å². The van der Waals surface area contributed by atoms with E-state index >= 15 is 0 Å². The molecule has 0 bridgehead atoms. The minimum atomic E-state index is -0.775. The minimum absolute atomic E-state index is 0.380. The van der Waals surface area contributed by atoms with Crippen molar-refractivity contribution in [3.8, 4) is 5.88 Å². The lowest BCUT2D eigenvalue weighted by atomic mass is 10.0. The Bertz CT molecular complexity index is 365. The van der Waals surface area contributed by atoms with E-state index in [-0.39, 0.29) is 0 Å². The summed E-state index contributed by atoms with van der Waals surface area (Å²) >= 11 is 0. The molecular weight excluding hydrogens is 220 g/mol. The van der Waals surface area contributed by atoms with E-state index in [1.807, 2.05) is 25.1 Å². The largest absolute Gasteiger partial charge is 0.478 e. The highest BCUT2D eigenvalue weighted by atomic mass is 16.5. The molecule has 0 aliphatic carbocycles. The molecule has 1 aromatic rings. The Morgan fingerprint density at radius 2 is 2.47 bits per heavy atom. The van der Waals surface area contributed by atoms with Gasteiger partial charge in [0.05, 0.1) is 13.2 Å². The van der Waals surface area contributed by atoms with Gasteiger partial charge in [0.25, 0.3) is 0 Å². The van der Waals surface area contributed by atoms with Gasteiger partial charge in [0.15, 0.2) is 0 Å². The predicted octanol–water partition coefficient (Wildman–Crippen LogP) is 1.04. The van der Waals surface area contributed by atoms with Crippen molar-refractivity contribution in [3.63, 3.8) is 0 Å². The number of hydrogen-bond acceptors (Lipinski definition) is 5. The lowest BCUT2D eigenvalue weighted by Gasteiger charge is -2.21. The van der Waals surface area contributed by atoms with E-state index in [1.54, 1.807) is 0 Å². The Labute approximate surface area is 101 Å². The molecule has 17 heavy (non-hydrogen) atoms. The molecule has 1 aromatic heterocycles. The molecule has 1 aliphatic heterocycles. The summed E-state index contributed by atoms with van der Waals surface area (Å²) in [4.78, 5) is 4.27. The molecule has 1 unspecified atom stereocenters. The van der Waals surface area contributed by atoms with Crippen LogP contribution in [0.15, 0.2) is 18.2 Å². The Kier molecular flexibility index (Phi) is 3.81. The molecule has 0 spiro atoms. The Morgan fingerprint density at radius 3 is 3.18 bits per heavy atom. The van der Waals surface area contributed by atoms with Gasteiger partial charge < -0.3 is 19.9 Å². The van der Waals surface area contributed by atoms with Crippen LogP contribution in [-0.2, 0) is 4.74 Å². The fraction of sp³-hybridized carbons (Fsp3) is 0.583. The number of aliphatic hydroxyl groups is 1. The van der Waals surface area contributed by atoms with Crippen molar-refractivity contribution in [2.24, 2.45) is 0 Å². The maximum absolute atomic E-state index is 10.1. The van der Waals surface area contributed by atoms with Crippen molar-refractivity contribution in [3.05, 3.63) is 18.2 Å². The van der Waals surface area contributed by atoms with Crippen LogP contribution in [-0.4, -0.2) is 42.1 Å². The first-order valence-electron chi connectivity index (χ1n) is 5.86. The SMILES string of the molecule is CCOc1cccc(NCC2(O)CCOC2)n1. The van der Waals surface area contributed by atoms with Crippen molar-refractivity contribution in [1.82, 2.24) is 4.98 Å². The standard InChI is InChI=1S/C12H18N2O3/c1-2-17-11-5-3-4-10(14-11)13-8-12(15)6-7-16-9-12/h3-5,15H,2,6-9H2,1H3,(H,13,14). The smallest absolute Gasteiger partial charge is 0.215 e. The van der Waals surface area contributed by atoms with Crippen LogP contribution < -0.4 is 10.1 Å². The number of pyridine rings is 1. The molecule has 1 fully saturated rings. The summed E-state index contributed by atoms with van der Waals surface area (Å²) < 4.78 is 10.5. The topological polar surface area (TPSA) is 63.6 Å². The second-order valence-corrected chi connectivity index (χ2v) is 4.17. The molecule has 0 radical (unpaired) electrons. The normalized spacial score (nSPS) is 23.6. The van der Waals surface area contributed by atoms with E-state index < -0.39 is 5.60 Å². The highest BCUT2D eigenvalue weighted by Gasteiger charge is 2.31. The number of anilines is 1. The number of nitrogens with zero attached hydrogens (tertiary/aromatic N) is 1. The van der Waals surface area contributed by atoms with Crippen molar-refractivity contribution in [1.29, 1.82) is 0 Å². The van der Waals surface area contributed by atoms with Crippen LogP contribution in [0.1, 0.15) is 13.3 Å². The average Bonchev–Trinajstić information content (AvgIpc) is 2.76. The average molecular weight is 238 g/mol. The first kappa shape index (κ1) is 12.1. The Balaban J connectivity index is 1.91. The zero-order chi connectivity index (χ0) is 12.1. The molecule has 0 aromatic carbocycles. The van der Waals surface area contributed by atoms with E-state index in [2.05, 4.69) is 10.3 Å². The summed E-state index contributed by atoms with van der Waals surface area (Å²) in [5, 5.41) is 13.2. The van der Waals surface area contributed by atoms with E-state index in [0.29, 0.717) is 44.5 Å². The minimum Gasteiger partial charge on any atom is -0.478 e. The molecule has 0 amide bonds. The van der Waals surface area contributed by atoms with Gasteiger partial charge in [-0.25, -0.2) is 0 Å². The van der Waals surface area contributed by atoms with E-state index in [4.69, 9.17) is 9.47 Å². The Hall–Kier alpha value is -1.33. The molecule has 1 aliphatic rings. The summed E-state index contributed by atoms with van der Waals surface area (Å²) in [5.74, 6) is 1.29. The maximum atomic E-state index is 10.1. The maximum Gasteiger partial charge on any atom is 0.215 e. The quantitative estimate of drug-likeness (QED) is 0.802. The molecule has 2 rings (SSSR count). The number of rotatable bonds is 5. The van der Waals surface area contributed by atoms with Gasteiger partial charge in [-0.15, -0.1) is 0 Å². The predicted molar refractivity (Wildman–Crippen MR) is 64.3 cm³/mol. The van der Waals surface area contributed by atoms with E-state index in [1.165, 1.54) is 0 Å². The van der Waals surface area contributed by atoms with Crippen molar-refractivity contribution >= 4 is 5.82 Å². The van der Waals surface area contributed by atoms with Gasteiger partial charge in [0, 0.05) is 25.6 Å². The van der Waals surface area contributed by atoms with Crippen molar-refractivity contribution < 1.29 is 14.6 Å². The highest BCUT2D eigenvalue weighted by Crippen LogP contribution is 2.19. The van der Waals surface area contributed by atoms with Gasteiger partial charge in [-0.05, 0) is 13.0 Å². The summed E-state index contributed by atoms with van der Waals surface area (Å²) in [6.45, 7) is 3.94. The molecule has 2 heterocycles. The van der Waals surface area contributed by atoms with Crippen LogP contribution in [0.3, 0.4) is 0 Å². The molecular formula is C12H18N2O3. The summed E-state index contributed by atoms with van der Waals surface area (Å²) in [7, 11) is 0. The molecule has 0 saturated carbocycles. The first-order valence-corrected chi connectivity index (χ1v) is 5.86. The fourth-order valence-electron chi connectivity index (χ4n) is 1.73.